The van der Waals surface area contributed by atoms with Gasteiger partial charge in [-0.3, -0.25) is 9.05 Å². The van der Waals surface area contributed by atoms with Crippen LogP contribution in [0.2, 0.25) is 0 Å². The number of benzene rings is 1. The number of hydrogen-bond donors (Lipinski definition) is 0. The summed E-state index contributed by atoms with van der Waals surface area (Å²) >= 11 is 5.33. The van der Waals surface area contributed by atoms with Crippen molar-refractivity contribution in [3.8, 4) is 11.8 Å². The maximum absolute atomic E-state index is 8.72. The lowest BCUT2D eigenvalue weighted by molar-refractivity contribution is 0.0475. The fourth-order valence-electron chi connectivity index (χ4n) is 1.78. The topological polar surface area (TPSA) is 51.5 Å². The van der Waals surface area contributed by atoms with Crippen molar-refractivity contribution in [3.05, 3.63) is 29.8 Å². The molecule has 0 amide bonds. The summed E-state index contributed by atoms with van der Waals surface area (Å²) in [6, 6.07) is 8.79. The standard InChI is InChI=1S/C12H14NO3PS/c1-9-7-10(2)15-17(18,14-9)16-12-5-3-11(8-13)4-6-12/h3-6,9-10H,7H2,1-2H3/t9-,10+,17?. The molecule has 96 valence electrons. The summed E-state index contributed by atoms with van der Waals surface area (Å²) in [4.78, 5) is 0. The predicted octanol–water partition coefficient (Wildman–Crippen LogP) is 3.38. The van der Waals surface area contributed by atoms with Crippen LogP contribution in [0.5, 0.6) is 5.75 Å². The van der Waals surface area contributed by atoms with Crippen LogP contribution in [-0.4, -0.2) is 12.2 Å². The summed E-state index contributed by atoms with van der Waals surface area (Å²) in [5, 5.41) is 8.72. The zero-order valence-corrected chi connectivity index (χ0v) is 11.9. The second kappa shape index (κ2) is 5.38. The number of nitrogens with zero attached hydrogens (tertiary/aromatic N) is 1. The van der Waals surface area contributed by atoms with E-state index in [2.05, 4.69) is 0 Å². The number of hydrogen-bond acceptors (Lipinski definition) is 5. The molecule has 0 aliphatic carbocycles. The first-order valence-electron chi connectivity index (χ1n) is 5.67. The van der Waals surface area contributed by atoms with E-state index in [-0.39, 0.29) is 12.2 Å². The second-order valence-electron chi connectivity index (χ2n) is 4.24. The minimum absolute atomic E-state index is 0.0398. The Labute approximate surface area is 112 Å². The molecule has 6 heteroatoms. The van der Waals surface area contributed by atoms with E-state index >= 15 is 0 Å². The second-order valence-corrected chi connectivity index (χ2v) is 7.08. The van der Waals surface area contributed by atoms with E-state index in [0.717, 1.165) is 6.42 Å². The van der Waals surface area contributed by atoms with Gasteiger partial charge in [0.25, 0.3) is 0 Å². The molecule has 4 nitrogen and oxygen atoms in total. The Hall–Kier alpha value is -0.920. The van der Waals surface area contributed by atoms with Gasteiger partial charge >= 0.3 is 6.72 Å². The fourth-order valence-corrected chi connectivity index (χ4v) is 4.49. The van der Waals surface area contributed by atoms with Crippen molar-refractivity contribution in [1.82, 2.24) is 0 Å². The van der Waals surface area contributed by atoms with Crippen LogP contribution in [0.1, 0.15) is 25.8 Å². The van der Waals surface area contributed by atoms with Crippen LogP contribution >= 0.6 is 6.72 Å². The lowest BCUT2D eigenvalue weighted by atomic mass is 10.2. The first-order chi connectivity index (χ1) is 8.50. The van der Waals surface area contributed by atoms with Gasteiger partial charge in [0.2, 0.25) is 0 Å². The molecular weight excluding hydrogens is 269 g/mol. The first-order valence-corrected chi connectivity index (χ1v) is 8.23. The molecule has 3 atom stereocenters. The van der Waals surface area contributed by atoms with Gasteiger partial charge < -0.3 is 4.52 Å². The molecule has 1 aromatic rings. The van der Waals surface area contributed by atoms with Crippen molar-refractivity contribution >= 4 is 18.5 Å². The quantitative estimate of drug-likeness (QED) is 0.779. The van der Waals surface area contributed by atoms with Crippen molar-refractivity contribution in [2.75, 3.05) is 0 Å². The van der Waals surface area contributed by atoms with Crippen LogP contribution in [0.15, 0.2) is 24.3 Å². The molecule has 1 unspecified atom stereocenters. The highest BCUT2D eigenvalue weighted by atomic mass is 32.5. The zero-order chi connectivity index (χ0) is 13.2. The van der Waals surface area contributed by atoms with Gasteiger partial charge in [-0.1, -0.05) is 0 Å². The summed E-state index contributed by atoms with van der Waals surface area (Å²) in [5.41, 5.74) is 0.575. The smallest absolute Gasteiger partial charge is 0.381 e. The molecule has 1 saturated heterocycles. The van der Waals surface area contributed by atoms with E-state index in [9.17, 15) is 0 Å². The molecule has 1 fully saturated rings. The van der Waals surface area contributed by atoms with Crippen LogP contribution < -0.4 is 4.52 Å². The fraction of sp³-hybridized carbons (Fsp3) is 0.417. The van der Waals surface area contributed by atoms with Gasteiger partial charge in [0, 0.05) is 18.2 Å². The van der Waals surface area contributed by atoms with Crippen molar-refractivity contribution in [3.63, 3.8) is 0 Å². The molecule has 1 aromatic carbocycles. The Kier molecular flexibility index (Phi) is 4.04. The highest BCUT2D eigenvalue weighted by molar-refractivity contribution is 8.07. The van der Waals surface area contributed by atoms with Gasteiger partial charge in [0.1, 0.15) is 5.75 Å². The largest absolute Gasteiger partial charge is 0.424 e. The molecule has 2 rings (SSSR count). The van der Waals surface area contributed by atoms with Crippen molar-refractivity contribution in [1.29, 1.82) is 5.26 Å². The summed E-state index contributed by atoms with van der Waals surface area (Å²) in [6.07, 6.45) is 0.894. The monoisotopic (exact) mass is 283 g/mol. The molecule has 0 spiro atoms. The SMILES string of the molecule is C[C@@H]1C[C@H](C)OP(=S)(Oc2ccc(C#N)cc2)O1. The van der Waals surface area contributed by atoms with Gasteiger partial charge in [-0.05, 0) is 38.1 Å². The highest BCUT2D eigenvalue weighted by Crippen LogP contribution is 2.55. The van der Waals surface area contributed by atoms with Crippen molar-refractivity contribution in [2.45, 2.75) is 32.5 Å². The Morgan fingerprint density at radius 2 is 1.83 bits per heavy atom. The lowest BCUT2D eigenvalue weighted by Gasteiger charge is -2.33. The summed E-state index contributed by atoms with van der Waals surface area (Å²) in [6.45, 7) is 1.20. The summed E-state index contributed by atoms with van der Waals surface area (Å²) in [7, 11) is 0. The highest BCUT2D eigenvalue weighted by Gasteiger charge is 2.33. The lowest BCUT2D eigenvalue weighted by Crippen LogP contribution is -2.25. The Morgan fingerprint density at radius 1 is 1.28 bits per heavy atom. The van der Waals surface area contributed by atoms with Crippen molar-refractivity contribution in [2.24, 2.45) is 0 Å². The molecule has 0 radical (unpaired) electrons. The molecule has 1 aliphatic heterocycles. The maximum Gasteiger partial charge on any atom is 0.381 e. The van der Waals surface area contributed by atoms with E-state index < -0.39 is 6.72 Å². The third kappa shape index (κ3) is 3.30. The predicted molar refractivity (Wildman–Crippen MR) is 71.8 cm³/mol. The van der Waals surface area contributed by atoms with Crippen LogP contribution in [0.3, 0.4) is 0 Å². The molecule has 0 bridgehead atoms. The zero-order valence-electron chi connectivity index (χ0n) is 10.2. The Bertz CT molecular complexity index is 497. The van der Waals surface area contributed by atoms with Gasteiger partial charge in [-0.25, -0.2) is 0 Å². The molecule has 1 aliphatic rings. The molecule has 1 heterocycles. The number of nitriles is 1. The van der Waals surface area contributed by atoms with Gasteiger partial charge in [-0.15, -0.1) is 0 Å². The summed E-state index contributed by atoms with van der Waals surface area (Å²) in [5.74, 6) is 0.568. The van der Waals surface area contributed by atoms with E-state index in [1.165, 1.54) is 0 Å². The van der Waals surface area contributed by atoms with Crippen LogP contribution in [-0.2, 0) is 20.9 Å². The van der Waals surface area contributed by atoms with Gasteiger partial charge in [0.05, 0.1) is 23.8 Å². The first kappa shape index (κ1) is 13.5. The van der Waals surface area contributed by atoms with Crippen LogP contribution in [0.25, 0.3) is 0 Å². The molecule has 0 aromatic heterocycles. The van der Waals surface area contributed by atoms with Crippen LogP contribution in [0.4, 0.5) is 0 Å². The Morgan fingerprint density at radius 3 is 2.33 bits per heavy atom. The van der Waals surface area contributed by atoms with Crippen LogP contribution in [0, 0.1) is 11.3 Å². The van der Waals surface area contributed by atoms with E-state index in [4.69, 9.17) is 30.6 Å². The molecule has 0 N–H and O–H groups in total. The third-order valence-corrected chi connectivity index (χ3v) is 4.89. The average Bonchev–Trinajstić information content (AvgIpc) is 2.27. The van der Waals surface area contributed by atoms with E-state index in [0.29, 0.717) is 11.3 Å². The molecular formula is C12H14NO3PS. The minimum Gasteiger partial charge on any atom is -0.424 e. The molecule has 0 saturated carbocycles. The van der Waals surface area contributed by atoms with Crippen molar-refractivity contribution < 1.29 is 13.6 Å². The normalized spacial score (nSPS) is 31.6. The third-order valence-electron chi connectivity index (χ3n) is 2.48. The van der Waals surface area contributed by atoms with E-state index in [1.54, 1.807) is 24.3 Å². The van der Waals surface area contributed by atoms with Gasteiger partial charge in [-0.2, -0.15) is 5.26 Å². The van der Waals surface area contributed by atoms with Gasteiger partial charge in [0.15, 0.2) is 0 Å². The van der Waals surface area contributed by atoms with E-state index in [1.807, 2.05) is 19.9 Å². The Balaban J connectivity index is 2.12. The number of rotatable bonds is 2. The average molecular weight is 283 g/mol. The minimum atomic E-state index is -2.72. The molecule has 18 heavy (non-hydrogen) atoms. The summed E-state index contributed by atoms with van der Waals surface area (Å²) < 4.78 is 16.9. The maximum atomic E-state index is 8.72.